The maximum atomic E-state index is 12.5. The van der Waals surface area contributed by atoms with E-state index in [9.17, 15) is 9.59 Å². The number of hydrogen-bond acceptors (Lipinski definition) is 4. The van der Waals surface area contributed by atoms with Gasteiger partial charge in [-0.1, -0.05) is 19.3 Å². The van der Waals surface area contributed by atoms with Crippen molar-refractivity contribution in [2.75, 3.05) is 27.2 Å². The molecule has 2 fully saturated rings. The van der Waals surface area contributed by atoms with Gasteiger partial charge in [-0.3, -0.25) is 4.79 Å². The molecule has 2 aliphatic rings. The van der Waals surface area contributed by atoms with Gasteiger partial charge in [0.2, 0.25) is 5.91 Å². The summed E-state index contributed by atoms with van der Waals surface area (Å²) in [6, 6.07) is 0.0123. The second kappa shape index (κ2) is 7.11. The van der Waals surface area contributed by atoms with Crippen molar-refractivity contribution >= 4 is 12.0 Å². The lowest BCUT2D eigenvalue weighted by atomic mass is 9.79. The summed E-state index contributed by atoms with van der Waals surface area (Å²) in [5, 5.41) is 6.16. The van der Waals surface area contributed by atoms with Crippen LogP contribution in [-0.2, 0) is 9.53 Å². The van der Waals surface area contributed by atoms with Crippen LogP contribution < -0.4 is 10.6 Å². The minimum absolute atomic E-state index is 0.0123. The fraction of sp³-hybridized carbons (Fsp3) is 0.867. The molecule has 0 spiro atoms. The molecule has 0 bridgehead atoms. The second-order valence-corrected chi connectivity index (χ2v) is 6.23. The molecule has 21 heavy (non-hydrogen) atoms. The van der Waals surface area contributed by atoms with Gasteiger partial charge in [0, 0.05) is 25.0 Å². The zero-order chi connectivity index (χ0) is 15.3. The average Bonchev–Trinajstić information content (AvgIpc) is 2.96. The second-order valence-electron chi connectivity index (χ2n) is 6.23. The van der Waals surface area contributed by atoms with Gasteiger partial charge < -0.3 is 20.3 Å². The van der Waals surface area contributed by atoms with Gasteiger partial charge in [-0.05, 0) is 26.3 Å². The molecular formula is C15H27N3O3. The molecule has 2 rings (SSSR count). The molecule has 1 heterocycles. The Morgan fingerprint density at radius 1 is 1.29 bits per heavy atom. The van der Waals surface area contributed by atoms with Gasteiger partial charge in [-0.15, -0.1) is 0 Å². The van der Waals surface area contributed by atoms with Crippen LogP contribution in [0.2, 0.25) is 0 Å². The number of rotatable bonds is 4. The van der Waals surface area contributed by atoms with E-state index in [1.165, 1.54) is 26.4 Å². The number of nitrogens with one attached hydrogen (secondary N) is 2. The average molecular weight is 297 g/mol. The fourth-order valence-electron chi connectivity index (χ4n) is 3.48. The van der Waals surface area contributed by atoms with Crippen LogP contribution in [0, 0.1) is 0 Å². The number of nitrogens with zero attached hydrogens (tertiary/aromatic N) is 1. The minimum Gasteiger partial charge on any atom is -0.453 e. The van der Waals surface area contributed by atoms with Crippen molar-refractivity contribution in [1.29, 1.82) is 0 Å². The zero-order valence-electron chi connectivity index (χ0n) is 13.1. The van der Waals surface area contributed by atoms with Crippen molar-refractivity contribution < 1.29 is 14.3 Å². The fourth-order valence-corrected chi connectivity index (χ4v) is 3.48. The first-order valence-corrected chi connectivity index (χ1v) is 7.90. The lowest BCUT2D eigenvalue weighted by molar-refractivity contribution is -0.132. The van der Waals surface area contributed by atoms with Crippen LogP contribution in [0.25, 0.3) is 0 Å². The predicted molar refractivity (Wildman–Crippen MR) is 80.0 cm³/mol. The van der Waals surface area contributed by atoms with Crippen LogP contribution >= 0.6 is 0 Å². The smallest absolute Gasteiger partial charge is 0.407 e. The van der Waals surface area contributed by atoms with Gasteiger partial charge >= 0.3 is 6.09 Å². The van der Waals surface area contributed by atoms with E-state index in [-0.39, 0.29) is 17.5 Å². The van der Waals surface area contributed by atoms with Crippen molar-refractivity contribution in [3.8, 4) is 0 Å². The van der Waals surface area contributed by atoms with Gasteiger partial charge in [0.05, 0.1) is 13.2 Å². The van der Waals surface area contributed by atoms with Crippen LogP contribution in [-0.4, -0.2) is 55.7 Å². The Morgan fingerprint density at radius 2 is 2.00 bits per heavy atom. The Labute approximate surface area is 126 Å². The van der Waals surface area contributed by atoms with Gasteiger partial charge in [0.1, 0.15) is 0 Å². The topological polar surface area (TPSA) is 70.7 Å². The van der Waals surface area contributed by atoms with Crippen molar-refractivity contribution in [3.63, 3.8) is 0 Å². The van der Waals surface area contributed by atoms with E-state index in [4.69, 9.17) is 0 Å². The van der Waals surface area contributed by atoms with E-state index >= 15 is 0 Å². The van der Waals surface area contributed by atoms with Gasteiger partial charge in [-0.2, -0.15) is 0 Å². The molecule has 6 nitrogen and oxygen atoms in total. The molecule has 1 saturated heterocycles. The molecular weight excluding hydrogens is 270 g/mol. The predicted octanol–water partition coefficient (Wildman–Crippen LogP) is 1.26. The monoisotopic (exact) mass is 297 g/mol. The standard InChI is InChI=1S/C15H27N3O3/c1-16-15(7-4-3-5-8-15)10-13(19)18-9-6-12(11-18)17-14(20)21-2/h12,16H,3-11H2,1-2H3,(H,17,20). The first kappa shape index (κ1) is 16.1. The molecule has 120 valence electrons. The van der Waals surface area contributed by atoms with Crippen molar-refractivity contribution in [2.45, 2.75) is 56.5 Å². The number of carbonyl (C=O) groups excluding carboxylic acids is 2. The highest BCUT2D eigenvalue weighted by Gasteiger charge is 2.36. The first-order chi connectivity index (χ1) is 10.1. The van der Waals surface area contributed by atoms with Crippen LogP contribution in [0.3, 0.4) is 0 Å². The van der Waals surface area contributed by atoms with Crippen molar-refractivity contribution in [2.24, 2.45) is 0 Å². The highest BCUT2D eigenvalue weighted by Crippen LogP contribution is 2.31. The van der Waals surface area contributed by atoms with Crippen molar-refractivity contribution in [1.82, 2.24) is 15.5 Å². The summed E-state index contributed by atoms with van der Waals surface area (Å²) in [6.07, 6.45) is 6.75. The maximum Gasteiger partial charge on any atom is 0.407 e. The van der Waals surface area contributed by atoms with Crippen LogP contribution in [0.5, 0.6) is 0 Å². The molecule has 0 aromatic rings. The van der Waals surface area contributed by atoms with Gasteiger partial charge in [0.15, 0.2) is 0 Å². The quantitative estimate of drug-likeness (QED) is 0.819. The third-order valence-electron chi connectivity index (χ3n) is 4.88. The number of ether oxygens (including phenoxy) is 1. The minimum atomic E-state index is -0.423. The molecule has 6 heteroatoms. The first-order valence-electron chi connectivity index (χ1n) is 7.90. The Bertz CT molecular complexity index is 380. The zero-order valence-corrected chi connectivity index (χ0v) is 13.1. The van der Waals surface area contributed by atoms with E-state index in [1.54, 1.807) is 0 Å². The van der Waals surface area contributed by atoms with Crippen LogP contribution in [0.1, 0.15) is 44.9 Å². The summed E-state index contributed by atoms with van der Waals surface area (Å²) in [5.41, 5.74) is -0.0246. The number of alkyl carbamates (subject to hydrolysis) is 1. The van der Waals surface area contributed by atoms with Crippen LogP contribution in [0.4, 0.5) is 4.79 Å². The molecule has 1 saturated carbocycles. The van der Waals surface area contributed by atoms with E-state index in [2.05, 4.69) is 15.4 Å². The lowest BCUT2D eigenvalue weighted by Crippen LogP contribution is -2.49. The molecule has 0 aromatic carbocycles. The molecule has 1 atom stereocenters. The SMILES string of the molecule is CNC1(CC(=O)N2CCC(NC(=O)OC)C2)CCCCC1. The van der Waals surface area contributed by atoms with Crippen molar-refractivity contribution in [3.05, 3.63) is 0 Å². The van der Waals surface area contributed by atoms with Crippen LogP contribution in [0.15, 0.2) is 0 Å². The summed E-state index contributed by atoms with van der Waals surface area (Å²) < 4.78 is 4.60. The molecule has 0 aromatic heterocycles. The Morgan fingerprint density at radius 3 is 2.62 bits per heavy atom. The number of hydrogen-bond donors (Lipinski definition) is 2. The number of amides is 2. The summed E-state index contributed by atoms with van der Waals surface area (Å²) in [7, 11) is 3.32. The Hall–Kier alpha value is -1.30. The molecule has 1 aliphatic carbocycles. The number of methoxy groups -OCH3 is 1. The highest BCUT2D eigenvalue weighted by molar-refractivity contribution is 5.78. The molecule has 0 radical (unpaired) electrons. The highest BCUT2D eigenvalue weighted by atomic mass is 16.5. The molecule has 1 aliphatic heterocycles. The Balaban J connectivity index is 1.85. The van der Waals surface area contributed by atoms with E-state index in [1.807, 2.05) is 11.9 Å². The maximum absolute atomic E-state index is 12.5. The summed E-state index contributed by atoms with van der Waals surface area (Å²) in [5.74, 6) is 0.195. The number of carbonyl (C=O) groups is 2. The summed E-state index contributed by atoms with van der Waals surface area (Å²) in [6.45, 7) is 1.31. The Kier molecular flexibility index (Phi) is 5.45. The van der Waals surface area contributed by atoms with E-state index in [0.717, 1.165) is 19.3 Å². The summed E-state index contributed by atoms with van der Waals surface area (Å²) in [4.78, 5) is 25.6. The summed E-state index contributed by atoms with van der Waals surface area (Å²) >= 11 is 0. The van der Waals surface area contributed by atoms with E-state index < -0.39 is 6.09 Å². The third kappa shape index (κ3) is 4.09. The van der Waals surface area contributed by atoms with Gasteiger partial charge in [0.25, 0.3) is 0 Å². The molecule has 1 unspecified atom stereocenters. The molecule has 2 N–H and O–H groups in total. The lowest BCUT2D eigenvalue weighted by Gasteiger charge is -2.37. The molecule has 2 amide bonds. The van der Waals surface area contributed by atoms with E-state index in [0.29, 0.717) is 19.5 Å². The van der Waals surface area contributed by atoms with Gasteiger partial charge in [-0.25, -0.2) is 4.79 Å². The normalized spacial score (nSPS) is 24.7. The largest absolute Gasteiger partial charge is 0.453 e. The number of likely N-dealkylation sites (tertiary alicyclic amines) is 1. The third-order valence-corrected chi connectivity index (χ3v) is 4.88.